The zero-order chi connectivity index (χ0) is 8.10. The van der Waals surface area contributed by atoms with E-state index in [-0.39, 0.29) is 0 Å². The van der Waals surface area contributed by atoms with Gasteiger partial charge in [-0.2, -0.15) is 5.43 Å². The molecule has 1 heterocycles. The third-order valence-electron chi connectivity index (χ3n) is 2.01. The summed E-state index contributed by atoms with van der Waals surface area (Å²) in [6.45, 7) is 2.22. The summed E-state index contributed by atoms with van der Waals surface area (Å²) in [7, 11) is 4.21. The summed E-state index contributed by atoms with van der Waals surface area (Å²) < 4.78 is 0. The number of rotatable bonds is 3. The first-order valence-electron chi connectivity index (χ1n) is 4.36. The standard InChI is InChI=1S/C8H18N3/c1-11(2)7-5-8-4-3-6-9-10-8/h8-9H,3-7H2,1-2H3. The van der Waals surface area contributed by atoms with Crippen molar-refractivity contribution >= 4 is 0 Å². The summed E-state index contributed by atoms with van der Waals surface area (Å²) >= 11 is 0. The van der Waals surface area contributed by atoms with Gasteiger partial charge in [-0.05, 0) is 39.9 Å². The Labute approximate surface area is 69.1 Å². The smallest absolute Gasteiger partial charge is 0.0428 e. The second-order valence-corrected chi connectivity index (χ2v) is 3.43. The summed E-state index contributed by atoms with van der Waals surface area (Å²) in [6.07, 6.45) is 3.74. The van der Waals surface area contributed by atoms with Crippen LogP contribution >= 0.6 is 0 Å². The van der Waals surface area contributed by atoms with Gasteiger partial charge in [0.25, 0.3) is 0 Å². The van der Waals surface area contributed by atoms with Gasteiger partial charge in [-0.15, -0.1) is 0 Å². The number of hydrogen-bond donors (Lipinski definition) is 1. The predicted molar refractivity (Wildman–Crippen MR) is 46.3 cm³/mol. The third kappa shape index (κ3) is 3.70. The van der Waals surface area contributed by atoms with Gasteiger partial charge in [0.2, 0.25) is 0 Å². The Morgan fingerprint density at radius 1 is 1.55 bits per heavy atom. The lowest BCUT2D eigenvalue weighted by Gasteiger charge is -2.23. The molecule has 0 aromatic rings. The first-order valence-corrected chi connectivity index (χ1v) is 4.36. The van der Waals surface area contributed by atoms with Crippen molar-refractivity contribution in [3.05, 3.63) is 0 Å². The summed E-state index contributed by atoms with van der Waals surface area (Å²) in [6, 6.07) is 0.561. The van der Waals surface area contributed by atoms with Crippen molar-refractivity contribution in [2.75, 3.05) is 27.2 Å². The van der Waals surface area contributed by atoms with Crippen molar-refractivity contribution in [1.29, 1.82) is 0 Å². The van der Waals surface area contributed by atoms with Crippen LogP contribution in [0.15, 0.2) is 0 Å². The molecule has 3 heteroatoms. The summed E-state index contributed by atoms with van der Waals surface area (Å²) in [4.78, 5) is 2.21. The highest BCUT2D eigenvalue weighted by molar-refractivity contribution is 4.69. The highest BCUT2D eigenvalue weighted by Gasteiger charge is 2.12. The van der Waals surface area contributed by atoms with Crippen LogP contribution in [0.1, 0.15) is 19.3 Å². The molecule has 1 aliphatic heterocycles. The van der Waals surface area contributed by atoms with Crippen molar-refractivity contribution in [3.63, 3.8) is 0 Å². The predicted octanol–water partition coefficient (Wildman–Crippen LogP) is 0.210. The molecule has 11 heavy (non-hydrogen) atoms. The highest BCUT2D eigenvalue weighted by atomic mass is 15.4. The summed E-state index contributed by atoms with van der Waals surface area (Å²) in [5.74, 6) is 0. The van der Waals surface area contributed by atoms with Gasteiger partial charge in [-0.1, -0.05) is 0 Å². The van der Waals surface area contributed by atoms with E-state index in [1.165, 1.54) is 19.3 Å². The van der Waals surface area contributed by atoms with E-state index in [1.54, 1.807) is 0 Å². The van der Waals surface area contributed by atoms with Crippen LogP contribution in [0.5, 0.6) is 0 Å². The molecule has 0 aromatic carbocycles. The molecule has 1 unspecified atom stereocenters. The van der Waals surface area contributed by atoms with Crippen LogP contribution in [0.3, 0.4) is 0 Å². The fourth-order valence-electron chi connectivity index (χ4n) is 1.29. The van der Waals surface area contributed by atoms with Gasteiger partial charge >= 0.3 is 0 Å². The largest absolute Gasteiger partial charge is 0.309 e. The zero-order valence-corrected chi connectivity index (χ0v) is 7.51. The molecule has 1 N–H and O–H groups in total. The van der Waals surface area contributed by atoms with Gasteiger partial charge < -0.3 is 4.90 Å². The third-order valence-corrected chi connectivity index (χ3v) is 2.01. The highest BCUT2D eigenvalue weighted by Crippen LogP contribution is 2.05. The molecule has 0 spiro atoms. The van der Waals surface area contributed by atoms with Crippen molar-refractivity contribution < 1.29 is 0 Å². The van der Waals surface area contributed by atoms with Crippen molar-refractivity contribution in [3.8, 4) is 0 Å². The SMILES string of the molecule is CN(C)CCC1CCCN[N]1. The van der Waals surface area contributed by atoms with E-state index in [9.17, 15) is 0 Å². The van der Waals surface area contributed by atoms with Crippen molar-refractivity contribution in [2.24, 2.45) is 0 Å². The van der Waals surface area contributed by atoms with Crippen molar-refractivity contribution in [1.82, 2.24) is 15.8 Å². The molecule has 0 saturated carbocycles. The molecule has 1 rings (SSSR count). The molecule has 1 radical (unpaired) electrons. The van der Waals surface area contributed by atoms with Crippen LogP contribution in [0.2, 0.25) is 0 Å². The maximum absolute atomic E-state index is 4.32. The minimum absolute atomic E-state index is 0.561. The Hall–Kier alpha value is -0.120. The Kier molecular flexibility index (Phi) is 3.83. The van der Waals surface area contributed by atoms with E-state index in [1.807, 2.05) is 0 Å². The van der Waals surface area contributed by atoms with E-state index in [0.717, 1.165) is 13.1 Å². The van der Waals surface area contributed by atoms with Gasteiger partial charge in [0.15, 0.2) is 0 Å². The molecule has 0 bridgehead atoms. The van der Waals surface area contributed by atoms with Crippen LogP contribution in [0.4, 0.5) is 0 Å². The Morgan fingerprint density at radius 3 is 2.91 bits per heavy atom. The van der Waals surface area contributed by atoms with Gasteiger partial charge in [-0.3, -0.25) is 0 Å². The van der Waals surface area contributed by atoms with Crippen molar-refractivity contribution in [2.45, 2.75) is 25.3 Å². The maximum atomic E-state index is 4.32. The average molecular weight is 156 g/mol. The molecular weight excluding hydrogens is 138 g/mol. The van der Waals surface area contributed by atoms with Crippen LogP contribution in [-0.2, 0) is 0 Å². The molecule has 0 aromatic heterocycles. The lowest BCUT2D eigenvalue weighted by atomic mass is 10.1. The topological polar surface area (TPSA) is 29.4 Å². The normalized spacial score (nSPS) is 25.9. The lowest BCUT2D eigenvalue weighted by molar-refractivity contribution is 0.286. The molecule has 1 fully saturated rings. The molecule has 0 amide bonds. The monoisotopic (exact) mass is 156 g/mol. The molecule has 3 nitrogen and oxygen atoms in total. The lowest BCUT2D eigenvalue weighted by Crippen LogP contribution is -2.40. The molecule has 1 atom stereocenters. The minimum Gasteiger partial charge on any atom is -0.309 e. The van der Waals surface area contributed by atoms with E-state index in [2.05, 4.69) is 29.8 Å². The van der Waals surface area contributed by atoms with E-state index in [0.29, 0.717) is 6.04 Å². The minimum atomic E-state index is 0.561. The van der Waals surface area contributed by atoms with Gasteiger partial charge in [0, 0.05) is 12.6 Å². The fourth-order valence-corrected chi connectivity index (χ4v) is 1.29. The summed E-state index contributed by atoms with van der Waals surface area (Å²) in [5, 5.41) is 0. The number of hydrogen-bond acceptors (Lipinski definition) is 2. The van der Waals surface area contributed by atoms with Crippen LogP contribution in [0, 0.1) is 0 Å². The molecule has 1 aliphatic rings. The molecule has 65 valence electrons. The Morgan fingerprint density at radius 2 is 2.36 bits per heavy atom. The summed E-state index contributed by atoms with van der Waals surface area (Å²) in [5.41, 5.74) is 7.39. The van der Waals surface area contributed by atoms with Crippen LogP contribution in [-0.4, -0.2) is 38.1 Å². The average Bonchev–Trinajstić information content (AvgIpc) is 2.03. The maximum Gasteiger partial charge on any atom is 0.0428 e. The number of nitrogens with zero attached hydrogens (tertiary/aromatic N) is 2. The number of nitrogens with one attached hydrogen (secondary N) is 1. The van der Waals surface area contributed by atoms with Gasteiger partial charge in [0.05, 0.1) is 0 Å². The fraction of sp³-hybridized carbons (Fsp3) is 1.00. The second kappa shape index (κ2) is 4.70. The molecule has 1 saturated heterocycles. The second-order valence-electron chi connectivity index (χ2n) is 3.43. The van der Waals surface area contributed by atoms with Crippen LogP contribution in [0.25, 0.3) is 0 Å². The quantitative estimate of drug-likeness (QED) is 0.633. The first-order chi connectivity index (χ1) is 5.29. The first kappa shape index (κ1) is 8.97. The Balaban J connectivity index is 2.05. The van der Waals surface area contributed by atoms with Gasteiger partial charge in [0.1, 0.15) is 0 Å². The van der Waals surface area contributed by atoms with E-state index >= 15 is 0 Å². The Bertz CT molecular complexity index is 97.5. The van der Waals surface area contributed by atoms with Gasteiger partial charge in [-0.25, -0.2) is 5.43 Å². The molecule has 0 aliphatic carbocycles. The van der Waals surface area contributed by atoms with E-state index < -0.39 is 0 Å². The van der Waals surface area contributed by atoms with Crippen LogP contribution < -0.4 is 10.9 Å². The zero-order valence-electron chi connectivity index (χ0n) is 7.51. The molecular formula is C8H18N3. The van der Waals surface area contributed by atoms with E-state index in [4.69, 9.17) is 0 Å².